The molecule has 11 heteroatoms. The average molecular weight is 503 g/mol. The van der Waals surface area contributed by atoms with Crippen LogP contribution in [0.5, 0.6) is 0 Å². The number of nitrogens with zero attached hydrogens (tertiary/aromatic N) is 1. The number of rotatable bonds is 6. The summed E-state index contributed by atoms with van der Waals surface area (Å²) in [5.74, 6) is -7.80. The number of amides is 1. The Morgan fingerprint density at radius 2 is 1.76 bits per heavy atom. The van der Waals surface area contributed by atoms with Crippen molar-refractivity contribution in [1.82, 2.24) is 9.62 Å². The summed E-state index contributed by atoms with van der Waals surface area (Å²) < 4.78 is 97.4. The molecule has 1 aliphatic heterocycles. The fourth-order valence-corrected chi connectivity index (χ4v) is 5.67. The zero-order valence-electron chi connectivity index (χ0n) is 18.4. The first-order valence-electron chi connectivity index (χ1n) is 10.6. The van der Waals surface area contributed by atoms with E-state index in [0.717, 1.165) is 23.3 Å². The molecule has 4 rings (SSSR count). The maximum Gasteiger partial charge on any atom is 0.322 e. The van der Waals surface area contributed by atoms with Crippen molar-refractivity contribution in [1.29, 1.82) is 0 Å². The minimum Gasteiger partial charge on any atom is -0.332 e. The highest BCUT2D eigenvalue weighted by atomic mass is 32.2. The minimum atomic E-state index is -3.77. The molecule has 0 bridgehead atoms. The largest absolute Gasteiger partial charge is 0.332 e. The highest BCUT2D eigenvalue weighted by Crippen LogP contribution is 2.56. The summed E-state index contributed by atoms with van der Waals surface area (Å²) in [5.41, 5.74) is -0.862. The molecule has 2 aromatic carbocycles. The Labute approximate surface area is 194 Å². The molecule has 2 aromatic rings. The van der Waals surface area contributed by atoms with E-state index in [4.69, 9.17) is 0 Å². The lowest BCUT2D eigenvalue weighted by molar-refractivity contribution is -0.156. The van der Waals surface area contributed by atoms with Crippen molar-refractivity contribution in [3.05, 3.63) is 59.4 Å². The molecule has 1 amide bonds. The van der Waals surface area contributed by atoms with Gasteiger partial charge in [-0.2, -0.15) is 8.78 Å². The molecule has 0 radical (unpaired) electrons. The van der Waals surface area contributed by atoms with Crippen LogP contribution in [0.15, 0.2) is 36.4 Å². The molecule has 1 saturated carbocycles. The van der Waals surface area contributed by atoms with Crippen LogP contribution in [-0.2, 0) is 21.2 Å². The van der Waals surface area contributed by atoms with Crippen molar-refractivity contribution in [2.24, 2.45) is 5.41 Å². The van der Waals surface area contributed by atoms with E-state index in [-0.39, 0.29) is 29.7 Å². The van der Waals surface area contributed by atoms with Crippen molar-refractivity contribution in [2.75, 3.05) is 12.8 Å². The van der Waals surface area contributed by atoms with Gasteiger partial charge >= 0.3 is 5.92 Å². The summed E-state index contributed by atoms with van der Waals surface area (Å²) in [7, 11) is -3.77. The van der Waals surface area contributed by atoms with E-state index < -0.39 is 56.8 Å². The van der Waals surface area contributed by atoms with Gasteiger partial charge < -0.3 is 4.90 Å². The molecule has 2 aliphatic rings. The van der Waals surface area contributed by atoms with E-state index in [0.29, 0.717) is 25.8 Å². The van der Waals surface area contributed by atoms with Gasteiger partial charge in [0, 0.05) is 36.6 Å². The standard InChI is InChI=1S/C23H23F5N2O3S/c1-22(27,28)21(31)30-12-23(6-7-23)20(29-34(2,32)33)18(30)10-13-4-3-5-17(19(13)26)14-8-15(24)11-16(25)9-14/h3-5,8-9,11,18,20,29H,6-7,10,12H2,1-2H3. The Morgan fingerprint density at radius 3 is 2.29 bits per heavy atom. The van der Waals surface area contributed by atoms with Crippen molar-refractivity contribution in [2.45, 2.75) is 44.2 Å². The van der Waals surface area contributed by atoms with Gasteiger partial charge in [-0.3, -0.25) is 4.79 Å². The van der Waals surface area contributed by atoms with Crippen LogP contribution in [0.3, 0.4) is 0 Å². The quantitative estimate of drug-likeness (QED) is 0.610. The summed E-state index contributed by atoms with van der Waals surface area (Å²) in [5, 5.41) is 0. The van der Waals surface area contributed by atoms with E-state index in [1.54, 1.807) is 0 Å². The smallest absolute Gasteiger partial charge is 0.322 e. The summed E-state index contributed by atoms with van der Waals surface area (Å²) in [4.78, 5) is 13.5. The number of nitrogens with one attached hydrogen (secondary N) is 1. The van der Waals surface area contributed by atoms with Gasteiger partial charge in [-0.1, -0.05) is 18.2 Å². The average Bonchev–Trinajstić information content (AvgIpc) is 3.42. The van der Waals surface area contributed by atoms with E-state index in [2.05, 4.69) is 4.72 Å². The molecule has 2 unspecified atom stereocenters. The van der Waals surface area contributed by atoms with Crippen LogP contribution in [0.1, 0.15) is 25.3 Å². The van der Waals surface area contributed by atoms with Crippen molar-refractivity contribution < 1.29 is 35.2 Å². The zero-order chi connectivity index (χ0) is 25.1. The minimum absolute atomic E-state index is 0.00221. The number of carbonyl (C=O) groups is 1. The number of hydrogen-bond donors (Lipinski definition) is 1. The second kappa shape index (κ2) is 8.30. The van der Waals surface area contributed by atoms with E-state index in [1.807, 2.05) is 0 Å². The third-order valence-corrected chi connectivity index (χ3v) is 7.16. The first-order chi connectivity index (χ1) is 15.7. The third-order valence-electron chi connectivity index (χ3n) is 6.48. The normalized spacial score (nSPS) is 21.8. The monoisotopic (exact) mass is 502 g/mol. The first kappa shape index (κ1) is 24.6. The molecule has 5 nitrogen and oxygen atoms in total. The number of likely N-dealkylation sites (tertiary alicyclic amines) is 1. The molecule has 34 heavy (non-hydrogen) atoms. The first-order valence-corrected chi connectivity index (χ1v) is 12.5. The molecule has 1 aliphatic carbocycles. The predicted molar refractivity (Wildman–Crippen MR) is 115 cm³/mol. The fourth-order valence-electron chi connectivity index (χ4n) is 4.80. The summed E-state index contributed by atoms with van der Waals surface area (Å²) >= 11 is 0. The lowest BCUT2D eigenvalue weighted by atomic mass is 9.91. The SMILES string of the molecule is CC(F)(F)C(=O)N1CC2(CC2)C(NS(C)(=O)=O)C1Cc1cccc(-c2cc(F)cc(F)c2)c1F. The van der Waals surface area contributed by atoms with E-state index >= 15 is 4.39 Å². The Hall–Kier alpha value is -2.53. The van der Waals surface area contributed by atoms with Crippen LogP contribution in [0, 0.1) is 22.9 Å². The predicted octanol–water partition coefficient (Wildman–Crippen LogP) is 3.88. The molecular weight excluding hydrogens is 479 g/mol. The second-order valence-corrected chi connectivity index (χ2v) is 11.0. The van der Waals surface area contributed by atoms with Gasteiger partial charge in [0.25, 0.3) is 5.91 Å². The highest BCUT2D eigenvalue weighted by molar-refractivity contribution is 7.88. The number of carbonyl (C=O) groups excluding carboxylic acids is 1. The second-order valence-electron chi connectivity index (χ2n) is 9.26. The van der Waals surface area contributed by atoms with Crippen LogP contribution >= 0.6 is 0 Å². The Bertz CT molecular complexity index is 1220. The maximum atomic E-state index is 15.5. The lowest BCUT2D eigenvalue weighted by Crippen LogP contribution is -2.52. The van der Waals surface area contributed by atoms with Crippen LogP contribution in [0.4, 0.5) is 22.0 Å². The van der Waals surface area contributed by atoms with E-state index in [9.17, 15) is 30.8 Å². The van der Waals surface area contributed by atoms with Crippen LogP contribution in [0.2, 0.25) is 0 Å². The molecule has 2 atom stereocenters. The summed E-state index contributed by atoms with van der Waals surface area (Å²) in [6.07, 6.45) is 1.72. The Kier molecular flexibility index (Phi) is 6.00. The zero-order valence-corrected chi connectivity index (χ0v) is 19.2. The van der Waals surface area contributed by atoms with Crippen molar-refractivity contribution in [3.63, 3.8) is 0 Å². The third kappa shape index (κ3) is 4.81. The molecule has 184 valence electrons. The number of benzene rings is 2. The lowest BCUT2D eigenvalue weighted by Gasteiger charge is -2.30. The van der Waals surface area contributed by atoms with Gasteiger partial charge in [0.05, 0.1) is 12.3 Å². The van der Waals surface area contributed by atoms with E-state index in [1.165, 1.54) is 18.2 Å². The van der Waals surface area contributed by atoms with Gasteiger partial charge in [-0.25, -0.2) is 26.3 Å². The molecular formula is C23H23F5N2O3S. The summed E-state index contributed by atoms with van der Waals surface area (Å²) in [6, 6.07) is 4.74. The van der Waals surface area contributed by atoms with Gasteiger partial charge in [0.1, 0.15) is 17.5 Å². The van der Waals surface area contributed by atoms with Crippen molar-refractivity contribution >= 4 is 15.9 Å². The van der Waals surface area contributed by atoms with Crippen LogP contribution in [-0.4, -0.2) is 50.0 Å². The Balaban J connectivity index is 1.75. The molecule has 1 saturated heterocycles. The fraction of sp³-hybridized carbons (Fsp3) is 0.435. The van der Waals surface area contributed by atoms with Gasteiger partial charge in [-0.05, 0) is 42.5 Å². The molecule has 1 heterocycles. The number of halogens is 5. The number of sulfonamides is 1. The Morgan fingerprint density at radius 1 is 1.15 bits per heavy atom. The number of alkyl halides is 2. The van der Waals surface area contributed by atoms with Crippen molar-refractivity contribution in [3.8, 4) is 11.1 Å². The topological polar surface area (TPSA) is 66.5 Å². The molecule has 1 spiro atoms. The van der Waals surface area contributed by atoms with Gasteiger partial charge in [-0.15, -0.1) is 0 Å². The van der Waals surface area contributed by atoms with Crippen LogP contribution in [0.25, 0.3) is 11.1 Å². The maximum absolute atomic E-state index is 15.5. The van der Waals surface area contributed by atoms with Gasteiger partial charge in [0.15, 0.2) is 0 Å². The van der Waals surface area contributed by atoms with Gasteiger partial charge in [0.2, 0.25) is 10.0 Å². The molecule has 0 aromatic heterocycles. The molecule has 2 fully saturated rings. The number of hydrogen-bond acceptors (Lipinski definition) is 3. The summed E-state index contributed by atoms with van der Waals surface area (Å²) in [6.45, 7) is 0.381. The highest BCUT2D eigenvalue weighted by Gasteiger charge is 2.62. The molecule has 1 N–H and O–H groups in total. The van der Waals surface area contributed by atoms with Crippen LogP contribution < -0.4 is 4.72 Å².